The molecule has 0 heterocycles. The number of phenolic OH excluding ortho intramolecular Hbond substituents is 2. The molecule has 0 saturated heterocycles. The standard InChI is InChI=1S/C26H30O2/c1-4-5-19(2)18-26(3,23-12-16-25(28)17-13-23)22-10-6-20(7-11-22)21-8-14-24(27)15-9-21/h6-17,19,27-28H,4-5,18H2,1-3H3. The van der Waals surface area contributed by atoms with Crippen molar-refractivity contribution >= 4 is 0 Å². The van der Waals surface area contributed by atoms with Crippen LogP contribution in [-0.4, -0.2) is 10.2 Å². The van der Waals surface area contributed by atoms with Gasteiger partial charge in [0.2, 0.25) is 0 Å². The molecular weight excluding hydrogens is 344 g/mol. The average Bonchev–Trinajstić information content (AvgIpc) is 2.69. The molecule has 0 spiro atoms. The fourth-order valence-corrected chi connectivity index (χ4v) is 4.21. The van der Waals surface area contributed by atoms with Crippen molar-refractivity contribution in [3.63, 3.8) is 0 Å². The van der Waals surface area contributed by atoms with Gasteiger partial charge in [-0.1, -0.05) is 82.1 Å². The van der Waals surface area contributed by atoms with Gasteiger partial charge in [-0.05, 0) is 58.9 Å². The summed E-state index contributed by atoms with van der Waals surface area (Å²) >= 11 is 0. The van der Waals surface area contributed by atoms with Crippen LogP contribution in [-0.2, 0) is 5.41 Å². The third-order valence-electron chi connectivity index (χ3n) is 5.77. The second kappa shape index (κ2) is 8.52. The number of phenols is 2. The summed E-state index contributed by atoms with van der Waals surface area (Å²) in [4.78, 5) is 0. The molecule has 2 nitrogen and oxygen atoms in total. The third-order valence-corrected chi connectivity index (χ3v) is 5.77. The molecule has 0 fully saturated rings. The van der Waals surface area contributed by atoms with Gasteiger partial charge >= 0.3 is 0 Å². The molecule has 0 aliphatic rings. The van der Waals surface area contributed by atoms with Crippen LogP contribution < -0.4 is 0 Å². The maximum absolute atomic E-state index is 9.72. The maximum Gasteiger partial charge on any atom is 0.115 e. The van der Waals surface area contributed by atoms with Gasteiger partial charge in [-0.25, -0.2) is 0 Å². The summed E-state index contributed by atoms with van der Waals surface area (Å²) in [5.41, 5.74) is 4.62. The Hall–Kier alpha value is -2.74. The molecule has 3 rings (SSSR count). The van der Waals surface area contributed by atoms with Crippen LogP contribution in [0.1, 0.15) is 51.2 Å². The average molecular weight is 375 g/mol. The first-order valence-corrected chi connectivity index (χ1v) is 10.1. The van der Waals surface area contributed by atoms with Gasteiger partial charge in [0.25, 0.3) is 0 Å². The van der Waals surface area contributed by atoms with Crippen LogP contribution in [0.15, 0.2) is 72.8 Å². The van der Waals surface area contributed by atoms with Gasteiger partial charge in [-0.15, -0.1) is 0 Å². The van der Waals surface area contributed by atoms with Gasteiger partial charge in [0.15, 0.2) is 0 Å². The molecular formula is C26H30O2. The number of benzene rings is 3. The van der Waals surface area contributed by atoms with Crippen LogP contribution in [0.4, 0.5) is 0 Å². The van der Waals surface area contributed by atoms with Gasteiger partial charge in [0.1, 0.15) is 11.5 Å². The highest BCUT2D eigenvalue weighted by atomic mass is 16.3. The molecule has 3 aromatic rings. The van der Waals surface area contributed by atoms with Gasteiger partial charge < -0.3 is 10.2 Å². The minimum Gasteiger partial charge on any atom is -0.508 e. The lowest BCUT2D eigenvalue weighted by Crippen LogP contribution is -2.26. The Morgan fingerprint density at radius 2 is 1.11 bits per heavy atom. The Morgan fingerprint density at radius 3 is 1.57 bits per heavy atom. The second-order valence-electron chi connectivity index (χ2n) is 8.10. The minimum atomic E-state index is -0.115. The van der Waals surface area contributed by atoms with Crippen LogP contribution in [0.25, 0.3) is 11.1 Å². The van der Waals surface area contributed by atoms with Crippen LogP contribution in [0.2, 0.25) is 0 Å². The van der Waals surface area contributed by atoms with Crippen LogP contribution in [0, 0.1) is 5.92 Å². The van der Waals surface area contributed by atoms with Gasteiger partial charge in [-0.2, -0.15) is 0 Å². The first kappa shape index (κ1) is 20.0. The Kier molecular flexibility index (Phi) is 6.08. The zero-order valence-corrected chi connectivity index (χ0v) is 17.0. The monoisotopic (exact) mass is 374 g/mol. The Bertz CT molecular complexity index is 879. The minimum absolute atomic E-state index is 0.115. The molecule has 2 N–H and O–H groups in total. The molecule has 28 heavy (non-hydrogen) atoms. The van der Waals surface area contributed by atoms with Crippen molar-refractivity contribution in [1.82, 2.24) is 0 Å². The van der Waals surface area contributed by atoms with Crippen molar-refractivity contribution in [2.75, 3.05) is 0 Å². The van der Waals surface area contributed by atoms with Crippen molar-refractivity contribution in [2.24, 2.45) is 5.92 Å². The molecule has 0 saturated carbocycles. The van der Waals surface area contributed by atoms with E-state index in [1.807, 2.05) is 24.3 Å². The fraction of sp³-hybridized carbons (Fsp3) is 0.308. The Balaban J connectivity index is 1.97. The highest BCUT2D eigenvalue weighted by Crippen LogP contribution is 2.40. The van der Waals surface area contributed by atoms with E-state index in [4.69, 9.17) is 0 Å². The molecule has 0 amide bonds. The summed E-state index contributed by atoms with van der Waals surface area (Å²) in [6, 6.07) is 23.7. The lowest BCUT2D eigenvalue weighted by molar-refractivity contribution is 0.382. The van der Waals surface area contributed by atoms with Crippen molar-refractivity contribution < 1.29 is 10.2 Å². The van der Waals surface area contributed by atoms with Crippen molar-refractivity contribution in [1.29, 1.82) is 0 Å². The highest BCUT2D eigenvalue weighted by molar-refractivity contribution is 5.65. The van der Waals surface area contributed by atoms with Crippen LogP contribution in [0.3, 0.4) is 0 Å². The van der Waals surface area contributed by atoms with E-state index < -0.39 is 0 Å². The molecule has 3 aromatic carbocycles. The maximum atomic E-state index is 9.72. The summed E-state index contributed by atoms with van der Waals surface area (Å²) in [5, 5.41) is 19.2. The lowest BCUT2D eigenvalue weighted by atomic mass is 9.70. The summed E-state index contributed by atoms with van der Waals surface area (Å²) in [5.74, 6) is 1.20. The van der Waals surface area contributed by atoms with Gasteiger partial charge in [0.05, 0.1) is 0 Å². The molecule has 0 aliphatic carbocycles. The molecule has 0 aromatic heterocycles. The summed E-state index contributed by atoms with van der Waals surface area (Å²) in [7, 11) is 0. The first-order chi connectivity index (χ1) is 13.4. The number of hydrogen-bond donors (Lipinski definition) is 2. The van der Waals surface area contributed by atoms with E-state index in [1.165, 1.54) is 24.0 Å². The van der Waals surface area contributed by atoms with E-state index in [0.717, 1.165) is 17.5 Å². The summed E-state index contributed by atoms with van der Waals surface area (Å²) < 4.78 is 0. The van der Waals surface area contributed by atoms with E-state index in [0.29, 0.717) is 11.7 Å². The van der Waals surface area contributed by atoms with Crippen molar-refractivity contribution in [2.45, 2.75) is 45.4 Å². The van der Waals surface area contributed by atoms with E-state index in [9.17, 15) is 10.2 Å². The normalized spacial score (nSPS) is 14.4. The molecule has 146 valence electrons. The lowest BCUT2D eigenvalue weighted by Gasteiger charge is -2.34. The summed E-state index contributed by atoms with van der Waals surface area (Å²) in [6.07, 6.45) is 3.45. The molecule has 2 unspecified atom stereocenters. The predicted octanol–water partition coefficient (Wildman–Crippen LogP) is 6.90. The molecule has 2 atom stereocenters. The largest absolute Gasteiger partial charge is 0.508 e. The zero-order chi connectivity index (χ0) is 20.1. The molecule has 0 bridgehead atoms. The number of rotatable bonds is 7. The molecule has 0 radical (unpaired) electrons. The van der Waals surface area contributed by atoms with Crippen LogP contribution in [0.5, 0.6) is 11.5 Å². The van der Waals surface area contributed by atoms with Crippen molar-refractivity contribution in [3.8, 4) is 22.6 Å². The number of aromatic hydroxyl groups is 2. The summed E-state index contributed by atoms with van der Waals surface area (Å²) in [6.45, 7) is 6.87. The van der Waals surface area contributed by atoms with E-state index in [1.54, 1.807) is 24.3 Å². The van der Waals surface area contributed by atoms with Gasteiger partial charge in [-0.3, -0.25) is 0 Å². The van der Waals surface area contributed by atoms with Crippen LogP contribution >= 0.6 is 0 Å². The Labute approximate surface area is 168 Å². The fourth-order valence-electron chi connectivity index (χ4n) is 4.21. The first-order valence-electron chi connectivity index (χ1n) is 10.1. The molecule has 2 heteroatoms. The zero-order valence-electron chi connectivity index (χ0n) is 17.0. The van der Waals surface area contributed by atoms with E-state index in [2.05, 4.69) is 45.0 Å². The molecule has 0 aliphatic heterocycles. The van der Waals surface area contributed by atoms with E-state index in [-0.39, 0.29) is 11.2 Å². The topological polar surface area (TPSA) is 40.5 Å². The quantitative estimate of drug-likeness (QED) is 0.472. The SMILES string of the molecule is CCCC(C)CC(C)(c1ccc(O)cc1)c1ccc(-c2ccc(O)cc2)cc1. The third kappa shape index (κ3) is 4.39. The number of hydrogen-bond acceptors (Lipinski definition) is 2. The second-order valence-corrected chi connectivity index (χ2v) is 8.10. The predicted molar refractivity (Wildman–Crippen MR) is 117 cm³/mol. The Morgan fingerprint density at radius 1 is 0.714 bits per heavy atom. The van der Waals surface area contributed by atoms with Crippen molar-refractivity contribution in [3.05, 3.63) is 83.9 Å². The van der Waals surface area contributed by atoms with Gasteiger partial charge in [0, 0.05) is 5.41 Å². The highest BCUT2D eigenvalue weighted by Gasteiger charge is 2.30. The smallest absolute Gasteiger partial charge is 0.115 e. The van der Waals surface area contributed by atoms with E-state index >= 15 is 0 Å².